The number of nitrogens with one attached hydrogen (secondary N) is 1. The molecule has 0 aromatic heterocycles. The number of hydrogen-bond acceptors (Lipinski definition) is 4. The average molecular weight is 411 g/mol. The monoisotopic (exact) mass is 410 g/mol. The van der Waals surface area contributed by atoms with Crippen LogP contribution in [0.15, 0.2) is 24.3 Å². The first-order chi connectivity index (χ1) is 13.3. The van der Waals surface area contributed by atoms with Crippen LogP contribution in [0.3, 0.4) is 0 Å². The fraction of sp³-hybridized carbons (Fsp3) is 0.650. The van der Waals surface area contributed by atoms with E-state index in [-0.39, 0.29) is 18.4 Å². The quantitative estimate of drug-likeness (QED) is 0.631. The lowest BCUT2D eigenvalue weighted by molar-refractivity contribution is -0.126. The van der Waals surface area contributed by atoms with Gasteiger partial charge in [0.1, 0.15) is 0 Å². The van der Waals surface area contributed by atoms with E-state index in [1.807, 2.05) is 0 Å². The first kappa shape index (κ1) is 22.6. The highest BCUT2D eigenvalue weighted by molar-refractivity contribution is 7.86. The largest absolute Gasteiger partial charge is 0.372 e. The van der Waals surface area contributed by atoms with E-state index < -0.39 is 10.2 Å². The molecule has 28 heavy (non-hydrogen) atoms. The number of benzene rings is 1. The molecule has 0 spiro atoms. The Bertz CT molecular complexity index is 734. The molecule has 0 aliphatic carbocycles. The zero-order valence-corrected chi connectivity index (χ0v) is 18.3. The minimum absolute atomic E-state index is 0.0444. The molecule has 0 unspecified atom stereocenters. The molecular weight excluding hydrogens is 376 g/mol. The van der Waals surface area contributed by atoms with Gasteiger partial charge in [0, 0.05) is 52.5 Å². The van der Waals surface area contributed by atoms with Crippen LogP contribution in [0.25, 0.3) is 0 Å². The van der Waals surface area contributed by atoms with Crippen molar-refractivity contribution in [2.75, 3.05) is 51.7 Å². The van der Waals surface area contributed by atoms with Gasteiger partial charge in [-0.05, 0) is 45.2 Å². The van der Waals surface area contributed by atoms with Gasteiger partial charge in [-0.25, -0.2) is 0 Å². The number of aryl methyl sites for hydroxylation is 1. The fourth-order valence-corrected chi connectivity index (χ4v) is 4.64. The lowest BCUT2D eigenvalue weighted by Crippen LogP contribution is -2.49. The summed E-state index contributed by atoms with van der Waals surface area (Å²) in [5.74, 6) is -0.320. The predicted octanol–water partition coefficient (Wildman–Crippen LogP) is 1.85. The molecule has 2 rings (SSSR count). The Morgan fingerprint density at radius 2 is 1.93 bits per heavy atom. The standard InChI is InChI=1S/C20H34N4O3S/c1-5-23(19-11-9-17(2)10-12-19)14-7-13-21-20(25)18-8-6-15-24(16-18)28(26,27)22(3)4/h9-12,18H,5-8,13-16H2,1-4H3,(H,21,25)/t18-/m0/s1. The maximum Gasteiger partial charge on any atom is 0.281 e. The number of carbonyl (C=O) groups excluding carboxylic acids is 1. The molecule has 1 atom stereocenters. The second-order valence-corrected chi connectivity index (χ2v) is 9.69. The molecule has 1 N–H and O–H groups in total. The van der Waals surface area contributed by atoms with E-state index >= 15 is 0 Å². The van der Waals surface area contributed by atoms with E-state index in [1.165, 1.54) is 34.0 Å². The van der Waals surface area contributed by atoms with Crippen LogP contribution in [-0.4, -0.2) is 69.8 Å². The lowest BCUT2D eigenvalue weighted by atomic mass is 9.99. The van der Waals surface area contributed by atoms with Crippen LogP contribution < -0.4 is 10.2 Å². The average Bonchev–Trinajstić information content (AvgIpc) is 2.68. The Kier molecular flexibility index (Phi) is 8.27. The number of carbonyl (C=O) groups is 1. The van der Waals surface area contributed by atoms with Crippen LogP contribution in [0.2, 0.25) is 0 Å². The highest BCUT2D eigenvalue weighted by atomic mass is 32.2. The molecule has 7 nitrogen and oxygen atoms in total. The zero-order valence-electron chi connectivity index (χ0n) is 17.5. The Morgan fingerprint density at radius 3 is 2.54 bits per heavy atom. The minimum Gasteiger partial charge on any atom is -0.372 e. The van der Waals surface area contributed by atoms with Gasteiger partial charge in [-0.1, -0.05) is 17.7 Å². The fourth-order valence-electron chi connectivity index (χ4n) is 3.45. The van der Waals surface area contributed by atoms with E-state index in [4.69, 9.17) is 0 Å². The first-order valence-electron chi connectivity index (χ1n) is 10.0. The van der Waals surface area contributed by atoms with Crippen LogP contribution in [-0.2, 0) is 15.0 Å². The van der Waals surface area contributed by atoms with Crippen LogP contribution >= 0.6 is 0 Å². The number of rotatable bonds is 9. The van der Waals surface area contributed by atoms with Crippen molar-refractivity contribution in [2.45, 2.75) is 33.1 Å². The number of amides is 1. The number of hydrogen-bond donors (Lipinski definition) is 1. The van der Waals surface area contributed by atoms with Crippen molar-refractivity contribution in [3.05, 3.63) is 29.8 Å². The molecule has 158 valence electrons. The van der Waals surface area contributed by atoms with Gasteiger partial charge < -0.3 is 10.2 Å². The summed E-state index contributed by atoms with van der Waals surface area (Å²) in [6.45, 7) is 7.32. The summed E-state index contributed by atoms with van der Waals surface area (Å²) in [6, 6.07) is 8.46. The molecule has 1 aliphatic rings. The second-order valence-electron chi connectivity index (χ2n) is 7.55. The van der Waals surface area contributed by atoms with Gasteiger partial charge in [-0.2, -0.15) is 17.0 Å². The molecule has 0 saturated carbocycles. The summed E-state index contributed by atoms with van der Waals surface area (Å²) in [6.07, 6.45) is 2.29. The minimum atomic E-state index is -3.46. The third-order valence-electron chi connectivity index (χ3n) is 5.23. The van der Waals surface area contributed by atoms with Crippen molar-refractivity contribution < 1.29 is 13.2 Å². The van der Waals surface area contributed by atoms with Crippen LogP contribution in [0.4, 0.5) is 5.69 Å². The highest BCUT2D eigenvalue weighted by Crippen LogP contribution is 2.20. The molecule has 1 fully saturated rings. The van der Waals surface area contributed by atoms with Crippen molar-refractivity contribution in [3.63, 3.8) is 0 Å². The molecule has 8 heteroatoms. The SMILES string of the molecule is CCN(CCCNC(=O)[C@H]1CCCN(S(=O)(=O)N(C)C)C1)c1ccc(C)cc1. The van der Waals surface area contributed by atoms with Crippen molar-refractivity contribution in [3.8, 4) is 0 Å². The normalized spacial score (nSPS) is 18.2. The molecular formula is C20H34N4O3S. The molecule has 1 saturated heterocycles. The Balaban J connectivity index is 1.79. The molecule has 1 amide bonds. The zero-order chi connectivity index (χ0) is 20.7. The second kappa shape index (κ2) is 10.2. The van der Waals surface area contributed by atoms with Crippen LogP contribution in [0.1, 0.15) is 31.7 Å². The van der Waals surface area contributed by atoms with Crippen molar-refractivity contribution in [1.82, 2.24) is 13.9 Å². The smallest absolute Gasteiger partial charge is 0.281 e. The van der Waals surface area contributed by atoms with Gasteiger partial charge in [0.15, 0.2) is 0 Å². The van der Waals surface area contributed by atoms with Crippen LogP contribution in [0, 0.1) is 12.8 Å². The van der Waals surface area contributed by atoms with Gasteiger partial charge in [0.25, 0.3) is 10.2 Å². The van der Waals surface area contributed by atoms with Gasteiger partial charge in [-0.15, -0.1) is 0 Å². The number of anilines is 1. The molecule has 1 heterocycles. The van der Waals surface area contributed by atoms with E-state index in [2.05, 4.69) is 48.3 Å². The first-order valence-corrected chi connectivity index (χ1v) is 11.4. The van der Waals surface area contributed by atoms with Gasteiger partial charge in [0.05, 0.1) is 5.92 Å². The van der Waals surface area contributed by atoms with Crippen molar-refractivity contribution in [2.24, 2.45) is 5.92 Å². The molecule has 0 bridgehead atoms. The molecule has 1 aliphatic heterocycles. The van der Waals surface area contributed by atoms with Crippen molar-refractivity contribution in [1.29, 1.82) is 0 Å². The third kappa shape index (κ3) is 5.93. The van der Waals surface area contributed by atoms with Crippen molar-refractivity contribution >= 4 is 21.8 Å². The van der Waals surface area contributed by atoms with Gasteiger partial charge >= 0.3 is 0 Å². The third-order valence-corrected chi connectivity index (χ3v) is 7.13. The molecule has 0 radical (unpaired) electrons. The Morgan fingerprint density at radius 1 is 1.25 bits per heavy atom. The summed E-state index contributed by atoms with van der Waals surface area (Å²) in [4.78, 5) is 14.8. The summed E-state index contributed by atoms with van der Waals surface area (Å²) < 4.78 is 27.2. The molecule has 1 aromatic carbocycles. The predicted molar refractivity (Wildman–Crippen MR) is 114 cm³/mol. The van der Waals surface area contributed by atoms with Gasteiger partial charge in [0.2, 0.25) is 5.91 Å². The van der Waals surface area contributed by atoms with E-state index in [9.17, 15) is 13.2 Å². The van der Waals surface area contributed by atoms with Gasteiger partial charge in [-0.3, -0.25) is 4.79 Å². The number of nitrogens with zero attached hydrogens (tertiary/aromatic N) is 3. The van der Waals surface area contributed by atoms with E-state index in [0.717, 1.165) is 25.9 Å². The Hall–Kier alpha value is -1.64. The summed E-state index contributed by atoms with van der Waals surface area (Å²) in [7, 11) is -0.419. The summed E-state index contributed by atoms with van der Waals surface area (Å²) in [5.41, 5.74) is 2.43. The lowest BCUT2D eigenvalue weighted by Gasteiger charge is -2.32. The Labute approximate surface area is 169 Å². The van der Waals surface area contributed by atoms with E-state index in [1.54, 1.807) is 0 Å². The molecule has 1 aromatic rings. The maximum absolute atomic E-state index is 12.5. The number of piperidine rings is 1. The topological polar surface area (TPSA) is 73.0 Å². The maximum atomic E-state index is 12.5. The summed E-state index contributed by atoms with van der Waals surface area (Å²) in [5, 5.41) is 2.99. The summed E-state index contributed by atoms with van der Waals surface area (Å²) >= 11 is 0. The van der Waals surface area contributed by atoms with E-state index in [0.29, 0.717) is 19.5 Å². The van der Waals surface area contributed by atoms with Crippen LogP contribution in [0.5, 0.6) is 0 Å². The highest BCUT2D eigenvalue weighted by Gasteiger charge is 2.33.